The molecule has 0 radical (unpaired) electrons. The molecule has 3 rings (SSSR count). The van der Waals surface area contributed by atoms with Gasteiger partial charge in [-0.3, -0.25) is 4.99 Å². The van der Waals surface area contributed by atoms with E-state index in [-0.39, 0.29) is 11.8 Å². The van der Waals surface area contributed by atoms with Crippen molar-refractivity contribution in [2.75, 3.05) is 20.4 Å². The zero-order valence-corrected chi connectivity index (χ0v) is 9.91. The fraction of sp³-hybridized carbons (Fsp3) is 0.417. The van der Waals surface area contributed by atoms with E-state index in [1.807, 2.05) is 0 Å². The lowest BCUT2D eigenvalue weighted by Crippen LogP contribution is -2.34. The highest BCUT2D eigenvalue weighted by atomic mass is 16.5. The Kier molecular flexibility index (Phi) is 2.70. The number of ether oxygens (including phenoxy) is 2. The van der Waals surface area contributed by atoms with E-state index in [0.717, 1.165) is 0 Å². The van der Waals surface area contributed by atoms with E-state index in [4.69, 9.17) is 9.47 Å². The van der Waals surface area contributed by atoms with Crippen LogP contribution in [-0.2, 0) is 4.74 Å². The fourth-order valence-electron chi connectivity index (χ4n) is 2.25. The molecule has 2 atom stereocenters. The number of phenolic OH excluding ortho intramolecular Hbond substituents is 1. The van der Waals surface area contributed by atoms with Crippen LogP contribution in [0.2, 0.25) is 0 Å². The molecule has 6 heteroatoms. The number of methoxy groups -OCH3 is 1. The maximum absolute atomic E-state index is 10.4. The minimum Gasteiger partial charge on any atom is -0.504 e. The van der Waals surface area contributed by atoms with Gasteiger partial charge in [-0.25, -0.2) is 4.90 Å². The van der Waals surface area contributed by atoms with Gasteiger partial charge in [0.25, 0.3) is 0 Å². The van der Waals surface area contributed by atoms with E-state index in [1.54, 1.807) is 17.2 Å². The predicted octanol–water partition coefficient (Wildman–Crippen LogP) is 0.766. The topological polar surface area (TPSA) is 74.5 Å². The van der Waals surface area contributed by atoms with Gasteiger partial charge in [-0.05, 0) is 6.07 Å². The van der Waals surface area contributed by atoms with Crippen LogP contribution < -0.4 is 4.74 Å². The second-order valence-electron chi connectivity index (χ2n) is 4.32. The summed E-state index contributed by atoms with van der Waals surface area (Å²) >= 11 is 0. The number of hydrogen-bond donors (Lipinski definition) is 2. The van der Waals surface area contributed by atoms with Crippen LogP contribution in [0.25, 0.3) is 0 Å². The van der Waals surface area contributed by atoms with Gasteiger partial charge in [0.15, 0.2) is 11.5 Å². The van der Waals surface area contributed by atoms with Crippen molar-refractivity contribution in [1.29, 1.82) is 0 Å². The summed E-state index contributed by atoms with van der Waals surface area (Å²) in [4.78, 5) is 6.09. The molecule has 0 saturated carbocycles. The van der Waals surface area contributed by atoms with Crippen LogP contribution in [0.15, 0.2) is 17.1 Å². The predicted molar refractivity (Wildman–Crippen MR) is 64.2 cm³/mol. The second kappa shape index (κ2) is 4.24. The zero-order chi connectivity index (χ0) is 12.7. The molecule has 0 aliphatic carbocycles. The summed E-state index contributed by atoms with van der Waals surface area (Å²) in [5.74, 6) is 0.334. The number of hydrogen-bond acceptors (Lipinski definition) is 6. The first kappa shape index (κ1) is 11.5. The fourth-order valence-corrected chi connectivity index (χ4v) is 2.25. The summed E-state index contributed by atoms with van der Waals surface area (Å²) < 4.78 is 10.4. The largest absolute Gasteiger partial charge is 0.504 e. The summed E-state index contributed by atoms with van der Waals surface area (Å²) in [7, 11) is 1.47. The molecule has 1 fully saturated rings. The van der Waals surface area contributed by atoms with Gasteiger partial charge in [0, 0.05) is 17.8 Å². The Balaban J connectivity index is 2.09. The van der Waals surface area contributed by atoms with Crippen LogP contribution in [-0.4, -0.2) is 47.8 Å². The van der Waals surface area contributed by atoms with E-state index < -0.39 is 6.23 Å². The smallest absolute Gasteiger partial charge is 0.161 e. The minimum atomic E-state index is -0.815. The van der Waals surface area contributed by atoms with Crippen molar-refractivity contribution < 1.29 is 19.7 Å². The molecule has 1 saturated heterocycles. The normalized spacial score (nSPS) is 26.6. The molecule has 2 heterocycles. The molecule has 1 aromatic rings. The van der Waals surface area contributed by atoms with Crippen molar-refractivity contribution in [3.8, 4) is 11.5 Å². The number of aliphatic hydroxyl groups excluding tert-OH is 1. The molecule has 1 aromatic carbocycles. The van der Waals surface area contributed by atoms with E-state index in [0.29, 0.717) is 30.3 Å². The lowest BCUT2D eigenvalue weighted by atomic mass is 10.1. The van der Waals surface area contributed by atoms with Crippen molar-refractivity contribution >= 4 is 11.9 Å². The maximum atomic E-state index is 10.4. The average molecular weight is 250 g/mol. The number of aliphatic imine (C=N–C) groups is 1. The molecular weight excluding hydrogens is 236 g/mol. The van der Waals surface area contributed by atoms with E-state index >= 15 is 0 Å². The molecule has 0 amide bonds. The van der Waals surface area contributed by atoms with Gasteiger partial charge in [-0.15, -0.1) is 0 Å². The van der Waals surface area contributed by atoms with E-state index in [1.165, 1.54) is 13.2 Å². The first-order valence-electron chi connectivity index (χ1n) is 5.67. The molecule has 1 unspecified atom stereocenters. The summed E-state index contributed by atoms with van der Waals surface area (Å²) in [6.45, 7) is 0.873. The standard InChI is InChI=1S/C12H14N2O4/c1-17-11-2-8-9(3-10(11)15)13-4-7-5-18-6-14(7)12(8)16/h2-4,7,12,15-16H,5-6H2,1H3/t7-,12?/m1/s1. The third-order valence-electron chi connectivity index (χ3n) is 3.26. The minimum absolute atomic E-state index is 0.0129. The first-order chi connectivity index (χ1) is 8.70. The molecule has 0 aromatic heterocycles. The molecular formula is C12H14N2O4. The van der Waals surface area contributed by atoms with Gasteiger partial charge >= 0.3 is 0 Å². The highest BCUT2D eigenvalue weighted by molar-refractivity contribution is 5.73. The Bertz CT molecular complexity index is 503. The Hall–Kier alpha value is -1.63. The molecule has 2 aliphatic rings. The number of fused-ring (bicyclic) bond motifs is 2. The van der Waals surface area contributed by atoms with Crippen molar-refractivity contribution in [2.24, 2.45) is 4.99 Å². The van der Waals surface area contributed by atoms with Gasteiger partial charge < -0.3 is 19.7 Å². The van der Waals surface area contributed by atoms with Gasteiger partial charge in [-0.2, -0.15) is 0 Å². The van der Waals surface area contributed by atoms with Crippen molar-refractivity contribution in [3.63, 3.8) is 0 Å². The Labute approximate surface area is 104 Å². The van der Waals surface area contributed by atoms with Crippen LogP contribution in [0, 0.1) is 0 Å². The Morgan fingerprint density at radius 3 is 3.11 bits per heavy atom. The number of phenols is 1. The van der Waals surface area contributed by atoms with E-state index in [9.17, 15) is 10.2 Å². The van der Waals surface area contributed by atoms with Gasteiger partial charge in [0.05, 0.1) is 25.4 Å². The number of rotatable bonds is 1. The van der Waals surface area contributed by atoms with Crippen LogP contribution in [0.5, 0.6) is 11.5 Å². The number of aliphatic hydroxyl groups is 1. The summed E-state index contributed by atoms with van der Waals surface area (Å²) in [5.41, 5.74) is 1.16. The monoisotopic (exact) mass is 250 g/mol. The Morgan fingerprint density at radius 1 is 1.50 bits per heavy atom. The van der Waals surface area contributed by atoms with Crippen LogP contribution in [0.3, 0.4) is 0 Å². The summed E-state index contributed by atoms with van der Waals surface area (Å²) in [6.07, 6.45) is 0.915. The maximum Gasteiger partial charge on any atom is 0.161 e. The second-order valence-corrected chi connectivity index (χ2v) is 4.32. The van der Waals surface area contributed by atoms with Crippen LogP contribution >= 0.6 is 0 Å². The molecule has 2 aliphatic heterocycles. The number of aromatic hydroxyl groups is 1. The Morgan fingerprint density at radius 2 is 2.33 bits per heavy atom. The first-order valence-corrected chi connectivity index (χ1v) is 5.67. The third-order valence-corrected chi connectivity index (χ3v) is 3.26. The SMILES string of the molecule is COc1cc2c(cc1O)N=C[C@@H]1COCN1C2O. The van der Waals surface area contributed by atoms with E-state index in [2.05, 4.69) is 4.99 Å². The summed E-state index contributed by atoms with van der Waals surface area (Å²) in [5, 5.41) is 20.1. The van der Waals surface area contributed by atoms with Crippen molar-refractivity contribution in [1.82, 2.24) is 4.90 Å². The van der Waals surface area contributed by atoms with Crippen molar-refractivity contribution in [2.45, 2.75) is 12.3 Å². The highest BCUT2D eigenvalue weighted by Crippen LogP contribution is 2.40. The quantitative estimate of drug-likeness (QED) is 0.770. The number of nitrogens with zero attached hydrogens (tertiary/aromatic N) is 2. The van der Waals surface area contributed by atoms with Gasteiger partial charge in [0.2, 0.25) is 0 Å². The molecule has 96 valence electrons. The molecule has 0 spiro atoms. The lowest BCUT2D eigenvalue weighted by molar-refractivity contribution is -0.0157. The van der Waals surface area contributed by atoms with Crippen LogP contribution in [0.4, 0.5) is 5.69 Å². The van der Waals surface area contributed by atoms with Crippen LogP contribution in [0.1, 0.15) is 11.8 Å². The molecule has 6 nitrogen and oxygen atoms in total. The zero-order valence-electron chi connectivity index (χ0n) is 9.91. The number of benzene rings is 1. The van der Waals surface area contributed by atoms with Crippen molar-refractivity contribution in [3.05, 3.63) is 17.7 Å². The summed E-state index contributed by atoms with van der Waals surface area (Å²) in [6, 6.07) is 3.06. The molecule has 2 N–H and O–H groups in total. The van der Waals surface area contributed by atoms with Gasteiger partial charge in [-0.1, -0.05) is 0 Å². The third kappa shape index (κ3) is 1.66. The molecule has 18 heavy (non-hydrogen) atoms. The van der Waals surface area contributed by atoms with Gasteiger partial charge in [0.1, 0.15) is 13.0 Å². The average Bonchev–Trinajstić information content (AvgIpc) is 2.79. The highest BCUT2D eigenvalue weighted by Gasteiger charge is 2.34. The lowest BCUT2D eigenvalue weighted by Gasteiger charge is -2.24. The molecule has 0 bridgehead atoms.